The van der Waals surface area contributed by atoms with E-state index in [2.05, 4.69) is 41.9 Å². The first-order valence-electron chi connectivity index (χ1n) is 6.07. The van der Waals surface area contributed by atoms with Gasteiger partial charge < -0.3 is 4.74 Å². The van der Waals surface area contributed by atoms with E-state index >= 15 is 0 Å². The number of methoxy groups -OCH3 is 1. The molecule has 0 aromatic heterocycles. The molecule has 0 spiro atoms. The molecule has 2 rings (SSSR count). The topological polar surface area (TPSA) is 9.23 Å². The van der Waals surface area contributed by atoms with Crippen LogP contribution in [0.4, 0.5) is 0 Å². The second-order valence-electron chi connectivity index (χ2n) is 4.60. The van der Waals surface area contributed by atoms with E-state index < -0.39 is 0 Å². The summed E-state index contributed by atoms with van der Waals surface area (Å²) in [5.41, 5.74) is 4.66. The lowest BCUT2D eigenvalue weighted by molar-refractivity contribution is 0.414. The minimum atomic E-state index is 0.0643. The maximum Gasteiger partial charge on any atom is 0.119 e. The molecule has 2 aromatic carbocycles. The van der Waals surface area contributed by atoms with Crippen molar-refractivity contribution in [2.75, 3.05) is 7.11 Å². The highest BCUT2D eigenvalue weighted by Crippen LogP contribution is 2.37. The Morgan fingerprint density at radius 1 is 1.11 bits per heavy atom. The van der Waals surface area contributed by atoms with Crippen molar-refractivity contribution in [1.82, 2.24) is 0 Å². The van der Waals surface area contributed by atoms with Crippen LogP contribution >= 0.6 is 27.5 Å². The van der Waals surface area contributed by atoms with Crippen LogP contribution in [-0.2, 0) is 0 Å². The average molecular weight is 340 g/mol. The van der Waals surface area contributed by atoms with Gasteiger partial charge in [0.05, 0.1) is 11.9 Å². The normalized spacial score (nSPS) is 12.3. The first kappa shape index (κ1) is 14.4. The van der Waals surface area contributed by atoms with Crippen molar-refractivity contribution in [3.8, 4) is 5.75 Å². The lowest BCUT2D eigenvalue weighted by Gasteiger charge is -2.15. The Morgan fingerprint density at radius 3 is 2.47 bits per heavy atom. The molecule has 0 aliphatic heterocycles. The summed E-state index contributed by atoms with van der Waals surface area (Å²) >= 11 is 10.1. The molecule has 0 heterocycles. The molecular weight excluding hydrogens is 324 g/mol. The molecule has 3 heteroatoms. The zero-order valence-corrected chi connectivity index (χ0v) is 13.5. The number of alkyl halides is 1. The summed E-state index contributed by atoms with van der Waals surface area (Å²) in [7, 11) is 1.67. The largest absolute Gasteiger partial charge is 0.497 e. The third kappa shape index (κ3) is 3.13. The fourth-order valence-electron chi connectivity index (χ4n) is 1.98. The molecule has 1 nitrogen and oxygen atoms in total. The molecule has 1 atom stereocenters. The first-order valence-corrected chi connectivity index (χ1v) is 7.37. The number of hydrogen-bond donors (Lipinski definition) is 0. The van der Waals surface area contributed by atoms with E-state index in [1.54, 1.807) is 7.11 Å². The standard InChI is InChI=1S/C16H16BrClO/c1-10-7-14(15(18)8-11(10)2)16(17)12-5-4-6-13(9-12)19-3/h4-9,16H,1-3H3. The minimum Gasteiger partial charge on any atom is -0.497 e. The van der Waals surface area contributed by atoms with E-state index in [9.17, 15) is 0 Å². The smallest absolute Gasteiger partial charge is 0.119 e. The van der Waals surface area contributed by atoms with Crippen LogP contribution in [0.3, 0.4) is 0 Å². The lowest BCUT2D eigenvalue weighted by Crippen LogP contribution is -1.97. The summed E-state index contributed by atoms with van der Waals surface area (Å²) in [6.07, 6.45) is 0. The van der Waals surface area contributed by atoms with Crippen LogP contribution < -0.4 is 4.74 Å². The molecule has 0 amide bonds. The van der Waals surface area contributed by atoms with Gasteiger partial charge in [-0.2, -0.15) is 0 Å². The number of ether oxygens (including phenoxy) is 1. The predicted molar refractivity (Wildman–Crippen MR) is 84.7 cm³/mol. The average Bonchev–Trinajstić information content (AvgIpc) is 2.42. The Hall–Kier alpha value is -0.990. The monoisotopic (exact) mass is 338 g/mol. The Kier molecular flexibility index (Phi) is 4.54. The van der Waals surface area contributed by atoms with Crippen LogP contribution in [0.25, 0.3) is 0 Å². The van der Waals surface area contributed by atoms with Crippen LogP contribution in [0.5, 0.6) is 5.75 Å². The van der Waals surface area contributed by atoms with Gasteiger partial charge in [0, 0.05) is 5.02 Å². The summed E-state index contributed by atoms with van der Waals surface area (Å²) in [5, 5.41) is 0.785. The van der Waals surface area contributed by atoms with E-state index in [-0.39, 0.29) is 4.83 Å². The van der Waals surface area contributed by atoms with Crippen LogP contribution in [0.15, 0.2) is 36.4 Å². The highest BCUT2D eigenvalue weighted by Gasteiger charge is 2.15. The molecule has 1 unspecified atom stereocenters. The third-order valence-corrected chi connectivity index (χ3v) is 4.62. The van der Waals surface area contributed by atoms with Gasteiger partial charge in [0.15, 0.2) is 0 Å². The molecule has 0 bridgehead atoms. The Morgan fingerprint density at radius 2 is 1.79 bits per heavy atom. The van der Waals surface area contributed by atoms with Gasteiger partial charge in [0.1, 0.15) is 5.75 Å². The predicted octanol–water partition coefficient (Wildman–Crippen LogP) is 5.45. The fraction of sp³-hybridized carbons (Fsp3) is 0.250. The molecule has 0 aliphatic rings. The number of hydrogen-bond acceptors (Lipinski definition) is 1. The van der Waals surface area contributed by atoms with E-state index in [0.717, 1.165) is 21.9 Å². The van der Waals surface area contributed by atoms with Crippen LogP contribution in [0, 0.1) is 13.8 Å². The second kappa shape index (κ2) is 5.98. The van der Waals surface area contributed by atoms with Crippen LogP contribution in [-0.4, -0.2) is 7.11 Å². The number of rotatable bonds is 3. The van der Waals surface area contributed by atoms with Crippen LogP contribution in [0.1, 0.15) is 27.1 Å². The highest BCUT2D eigenvalue weighted by atomic mass is 79.9. The van der Waals surface area contributed by atoms with Gasteiger partial charge in [0.25, 0.3) is 0 Å². The summed E-state index contributed by atoms with van der Waals surface area (Å²) in [6.45, 7) is 4.17. The zero-order chi connectivity index (χ0) is 14.0. The SMILES string of the molecule is COc1cccc(C(Br)c2cc(C)c(C)cc2Cl)c1. The Labute approximate surface area is 127 Å². The molecule has 0 fully saturated rings. The van der Waals surface area contributed by atoms with Gasteiger partial charge in [-0.05, 0) is 54.3 Å². The summed E-state index contributed by atoms with van der Waals surface area (Å²) < 4.78 is 5.26. The fourth-order valence-corrected chi connectivity index (χ4v) is 3.10. The maximum absolute atomic E-state index is 6.36. The van der Waals surface area contributed by atoms with Gasteiger partial charge in [-0.15, -0.1) is 0 Å². The quantitative estimate of drug-likeness (QED) is 0.676. The first-order chi connectivity index (χ1) is 9.02. The van der Waals surface area contributed by atoms with E-state index in [1.807, 2.05) is 24.3 Å². The van der Waals surface area contributed by atoms with Crippen molar-refractivity contribution in [3.63, 3.8) is 0 Å². The third-order valence-electron chi connectivity index (χ3n) is 3.27. The number of aryl methyl sites for hydroxylation is 2. The molecule has 0 saturated heterocycles. The van der Waals surface area contributed by atoms with Crippen molar-refractivity contribution < 1.29 is 4.74 Å². The van der Waals surface area contributed by atoms with Gasteiger partial charge in [-0.1, -0.05) is 45.7 Å². The van der Waals surface area contributed by atoms with Gasteiger partial charge >= 0.3 is 0 Å². The van der Waals surface area contributed by atoms with Crippen molar-refractivity contribution in [2.24, 2.45) is 0 Å². The van der Waals surface area contributed by atoms with Gasteiger partial charge in [-0.25, -0.2) is 0 Å². The van der Waals surface area contributed by atoms with Crippen molar-refractivity contribution in [2.45, 2.75) is 18.7 Å². The number of benzene rings is 2. The van der Waals surface area contributed by atoms with Gasteiger partial charge in [-0.3, -0.25) is 0 Å². The van der Waals surface area contributed by atoms with Gasteiger partial charge in [0.2, 0.25) is 0 Å². The summed E-state index contributed by atoms with van der Waals surface area (Å²) in [6, 6.07) is 12.2. The molecule has 19 heavy (non-hydrogen) atoms. The summed E-state index contributed by atoms with van der Waals surface area (Å²) in [5.74, 6) is 0.849. The van der Waals surface area contributed by atoms with E-state index in [4.69, 9.17) is 16.3 Å². The molecule has 2 aromatic rings. The molecule has 0 radical (unpaired) electrons. The molecule has 0 saturated carbocycles. The number of halogens is 2. The molecule has 0 N–H and O–H groups in total. The zero-order valence-electron chi connectivity index (χ0n) is 11.2. The highest BCUT2D eigenvalue weighted by molar-refractivity contribution is 9.09. The van der Waals surface area contributed by atoms with Crippen molar-refractivity contribution in [1.29, 1.82) is 0 Å². The second-order valence-corrected chi connectivity index (χ2v) is 5.92. The van der Waals surface area contributed by atoms with Crippen molar-refractivity contribution in [3.05, 3.63) is 63.7 Å². The lowest BCUT2D eigenvalue weighted by atomic mass is 10.00. The van der Waals surface area contributed by atoms with Crippen molar-refractivity contribution >= 4 is 27.5 Å². The Bertz CT molecular complexity index is 595. The molecule has 100 valence electrons. The van der Waals surface area contributed by atoms with Crippen LogP contribution in [0.2, 0.25) is 5.02 Å². The Balaban J connectivity index is 2.43. The van der Waals surface area contributed by atoms with E-state index in [0.29, 0.717) is 0 Å². The molecular formula is C16H16BrClO. The minimum absolute atomic E-state index is 0.0643. The summed E-state index contributed by atoms with van der Waals surface area (Å²) in [4.78, 5) is 0.0643. The molecule has 0 aliphatic carbocycles. The van der Waals surface area contributed by atoms with E-state index in [1.165, 1.54) is 11.1 Å². The maximum atomic E-state index is 6.36.